The Morgan fingerprint density at radius 2 is 1.95 bits per heavy atom. The molecule has 2 fully saturated rings. The number of phenols is 1. The molecular weight excluding hydrogens is 240 g/mol. The van der Waals surface area contributed by atoms with Gasteiger partial charge in [0.15, 0.2) is 0 Å². The second-order valence-corrected chi connectivity index (χ2v) is 5.80. The fraction of sp³-hybridized carbons (Fsp3) is 0.533. The van der Waals surface area contributed by atoms with Crippen molar-refractivity contribution < 1.29 is 9.90 Å². The van der Waals surface area contributed by atoms with Gasteiger partial charge in [-0.2, -0.15) is 0 Å². The number of nitrogens with zero attached hydrogens (tertiary/aromatic N) is 1. The summed E-state index contributed by atoms with van der Waals surface area (Å²) in [6.07, 6.45) is 3.84. The number of benzene rings is 1. The molecule has 2 aliphatic heterocycles. The van der Waals surface area contributed by atoms with Crippen molar-refractivity contribution in [1.82, 2.24) is 4.90 Å². The zero-order chi connectivity index (χ0) is 13.6. The average molecular weight is 260 g/mol. The minimum Gasteiger partial charge on any atom is -0.507 e. The largest absolute Gasteiger partial charge is 0.507 e. The van der Waals surface area contributed by atoms with Crippen molar-refractivity contribution in [1.29, 1.82) is 0 Å². The number of hydrogen-bond acceptors (Lipinski definition) is 3. The molecule has 2 heterocycles. The number of fused-ring (bicyclic) bond motifs is 2. The van der Waals surface area contributed by atoms with Gasteiger partial charge in [0.25, 0.3) is 5.91 Å². The number of piperidine rings is 1. The summed E-state index contributed by atoms with van der Waals surface area (Å²) in [7, 11) is 0. The van der Waals surface area contributed by atoms with Crippen molar-refractivity contribution in [3.63, 3.8) is 0 Å². The van der Waals surface area contributed by atoms with Crippen LogP contribution in [0.1, 0.15) is 41.6 Å². The lowest BCUT2D eigenvalue weighted by Gasteiger charge is -2.37. The summed E-state index contributed by atoms with van der Waals surface area (Å²) in [5.41, 5.74) is 7.19. The van der Waals surface area contributed by atoms with Gasteiger partial charge in [-0.3, -0.25) is 4.79 Å². The van der Waals surface area contributed by atoms with E-state index in [1.165, 1.54) is 0 Å². The molecule has 0 aliphatic carbocycles. The van der Waals surface area contributed by atoms with Gasteiger partial charge in [-0.1, -0.05) is 12.1 Å². The van der Waals surface area contributed by atoms with Crippen LogP contribution in [0.15, 0.2) is 18.2 Å². The molecule has 0 aromatic heterocycles. The van der Waals surface area contributed by atoms with Crippen LogP contribution in [0.2, 0.25) is 0 Å². The molecular formula is C15H20N2O2. The van der Waals surface area contributed by atoms with E-state index in [2.05, 4.69) is 0 Å². The Morgan fingerprint density at radius 1 is 1.32 bits per heavy atom. The molecule has 0 radical (unpaired) electrons. The molecule has 4 heteroatoms. The van der Waals surface area contributed by atoms with Gasteiger partial charge >= 0.3 is 0 Å². The van der Waals surface area contributed by atoms with Gasteiger partial charge in [0.05, 0.1) is 5.56 Å². The Labute approximate surface area is 113 Å². The van der Waals surface area contributed by atoms with Crippen molar-refractivity contribution in [2.75, 3.05) is 0 Å². The highest BCUT2D eigenvalue weighted by atomic mass is 16.3. The van der Waals surface area contributed by atoms with Crippen molar-refractivity contribution in [2.45, 2.75) is 50.7 Å². The minimum absolute atomic E-state index is 0.0411. The van der Waals surface area contributed by atoms with Crippen LogP contribution in [0.4, 0.5) is 0 Å². The maximum absolute atomic E-state index is 12.7. The second kappa shape index (κ2) is 4.53. The zero-order valence-electron chi connectivity index (χ0n) is 11.2. The van der Waals surface area contributed by atoms with Crippen LogP contribution in [0.3, 0.4) is 0 Å². The van der Waals surface area contributed by atoms with E-state index in [1.807, 2.05) is 24.0 Å². The molecule has 19 heavy (non-hydrogen) atoms. The highest BCUT2D eigenvalue weighted by molar-refractivity contribution is 5.97. The van der Waals surface area contributed by atoms with Crippen LogP contribution in [0.5, 0.6) is 5.75 Å². The van der Waals surface area contributed by atoms with E-state index >= 15 is 0 Å². The number of aromatic hydroxyl groups is 1. The summed E-state index contributed by atoms with van der Waals surface area (Å²) >= 11 is 0. The van der Waals surface area contributed by atoms with Gasteiger partial charge in [-0.05, 0) is 44.2 Å². The zero-order valence-corrected chi connectivity index (χ0v) is 11.2. The van der Waals surface area contributed by atoms with Crippen molar-refractivity contribution in [2.24, 2.45) is 5.73 Å². The maximum atomic E-state index is 12.7. The van der Waals surface area contributed by atoms with Crippen LogP contribution in [-0.4, -0.2) is 34.0 Å². The first-order valence-corrected chi connectivity index (χ1v) is 6.94. The van der Waals surface area contributed by atoms with Gasteiger partial charge in [0.1, 0.15) is 5.75 Å². The molecule has 3 rings (SSSR count). The van der Waals surface area contributed by atoms with Crippen LogP contribution in [0, 0.1) is 6.92 Å². The topological polar surface area (TPSA) is 66.6 Å². The number of hydrogen-bond donors (Lipinski definition) is 2. The van der Waals surface area contributed by atoms with Crippen LogP contribution >= 0.6 is 0 Å². The number of rotatable bonds is 1. The molecule has 3 N–H and O–H groups in total. The molecule has 0 saturated carbocycles. The standard InChI is InChI=1S/C15H20N2O2/c1-9-3-2-4-13(14(9)18)15(19)17-11-5-6-12(17)8-10(16)7-11/h2-4,10-12,18H,5-8,16H2,1H3. The van der Waals surface area contributed by atoms with E-state index in [4.69, 9.17) is 5.73 Å². The number of aryl methyl sites for hydroxylation is 1. The van der Waals surface area contributed by atoms with Gasteiger partial charge in [-0.25, -0.2) is 0 Å². The van der Waals surface area contributed by atoms with Crippen molar-refractivity contribution in [3.05, 3.63) is 29.3 Å². The molecule has 1 aromatic rings. The fourth-order valence-electron chi connectivity index (χ4n) is 3.52. The van der Waals surface area contributed by atoms with Gasteiger partial charge in [-0.15, -0.1) is 0 Å². The van der Waals surface area contributed by atoms with Gasteiger partial charge in [0, 0.05) is 18.1 Å². The highest BCUT2D eigenvalue weighted by Crippen LogP contribution is 2.37. The molecule has 0 spiro atoms. The molecule has 102 valence electrons. The normalized spacial score (nSPS) is 29.6. The van der Waals surface area contributed by atoms with Crippen molar-refractivity contribution >= 4 is 5.91 Å². The predicted molar refractivity (Wildman–Crippen MR) is 73.0 cm³/mol. The predicted octanol–water partition coefficient (Wildman–Crippen LogP) is 1.79. The Kier molecular flexibility index (Phi) is 2.97. The lowest BCUT2D eigenvalue weighted by atomic mass is 9.96. The Bertz CT molecular complexity index is 501. The number of carbonyl (C=O) groups is 1. The molecule has 2 aliphatic rings. The molecule has 2 saturated heterocycles. The van der Waals surface area contributed by atoms with E-state index < -0.39 is 0 Å². The number of phenolic OH excluding ortho intramolecular Hbond substituents is 1. The summed E-state index contributed by atoms with van der Waals surface area (Å²) in [6, 6.07) is 6.06. The maximum Gasteiger partial charge on any atom is 0.258 e. The van der Waals surface area contributed by atoms with Crippen LogP contribution in [-0.2, 0) is 0 Å². The molecule has 1 amide bonds. The van der Waals surface area contributed by atoms with Crippen LogP contribution < -0.4 is 5.73 Å². The molecule has 4 nitrogen and oxygen atoms in total. The first kappa shape index (κ1) is 12.5. The van der Waals surface area contributed by atoms with Gasteiger partial charge < -0.3 is 15.7 Å². The summed E-state index contributed by atoms with van der Waals surface area (Å²) in [6.45, 7) is 1.81. The average Bonchev–Trinajstić information content (AvgIpc) is 2.64. The summed E-state index contributed by atoms with van der Waals surface area (Å²) < 4.78 is 0. The number of amides is 1. The van der Waals surface area contributed by atoms with E-state index in [0.717, 1.165) is 31.2 Å². The SMILES string of the molecule is Cc1cccc(C(=O)N2C3CCC2CC(N)C3)c1O. The number of nitrogens with two attached hydrogens (primary N) is 1. The second-order valence-electron chi connectivity index (χ2n) is 5.80. The van der Waals surface area contributed by atoms with Gasteiger partial charge in [0.2, 0.25) is 0 Å². The lowest BCUT2D eigenvalue weighted by molar-refractivity contribution is 0.0572. The van der Waals surface area contributed by atoms with E-state index in [-0.39, 0.29) is 29.8 Å². The fourth-order valence-corrected chi connectivity index (χ4v) is 3.52. The third kappa shape index (κ3) is 2.00. The summed E-state index contributed by atoms with van der Waals surface area (Å²) in [4.78, 5) is 14.6. The molecule has 2 unspecified atom stereocenters. The third-order valence-corrected chi connectivity index (χ3v) is 4.47. The van der Waals surface area contributed by atoms with E-state index in [0.29, 0.717) is 5.56 Å². The Morgan fingerprint density at radius 3 is 2.58 bits per heavy atom. The Hall–Kier alpha value is -1.55. The van der Waals surface area contributed by atoms with E-state index in [9.17, 15) is 9.90 Å². The van der Waals surface area contributed by atoms with E-state index in [1.54, 1.807) is 6.07 Å². The molecule has 2 bridgehead atoms. The number of para-hydroxylation sites is 1. The summed E-state index contributed by atoms with van der Waals surface area (Å²) in [5, 5.41) is 10.1. The first-order chi connectivity index (χ1) is 9.08. The Balaban J connectivity index is 1.91. The lowest BCUT2D eigenvalue weighted by Crippen LogP contribution is -2.50. The van der Waals surface area contributed by atoms with Crippen molar-refractivity contribution in [3.8, 4) is 5.75 Å². The quantitative estimate of drug-likeness (QED) is 0.809. The molecule has 1 aromatic carbocycles. The summed E-state index contributed by atoms with van der Waals surface area (Å²) in [5.74, 6) is 0.0716. The minimum atomic E-state index is -0.0411. The number of carbonyl (C=O) groups excluding carboxylic acids is 1. The van der Waals surface area contributed by atoms with Crippen LogP contribution in [0.25, 0.3) is 0 Å². The highest BCUT2D eigenvalue weighted by Gasteiger charge is 2.42. The monoisotopic (exact) mass is 260 g/mol. The smallest absolute Gasteiger partial charge is 0.258 e. The first-order valence-electron chi connectivity index (χ1n) is 6.94. The third-order valence-electron chi connectivity index (χ3n) is 4.47. The molecule has 2 atom stereocenters.